The van der Waals surface area contributed by atoms with E-state index in [2.05, 4.69) is 17.0 Å². The first-order valence-electron chi connectivity index (χ1n) is 15.0. The van der Waals surface area contributed by atoms with E-state index in [1.165, 1.54) is 26.4 Å². The minimum Gasteiger partial charge on any atom is -0.504 e. The SMILES string of the molecule is COc1cc(-c2nc(-c3ccccc3)n(CCOc3ccc(CN(C(=O)C4CCC4)C4CCCC4)cc3)n2)ccc1O. The number of phenols is 1. The summed E-state index contributed by atoms with van der Waals surface area (Å²) in [5.41, 5.74) is 2.84. The Morgan fingerprint density at radius 3 is 2.40 bits per heavy atom. The standard InChI is InChI=1S/C34H38N4O4/c1-41-31-22-27(16-19-30(31)39)32-35-33(25-8-3-2-4-9-25)38(36-32)20-21-42-29-17-14-24(15-18-29)23-37(28-12-5-6-13-28)34(40)26-10-7-11-26/h2-4,8-9,14-19,22,26,28,39H,5-7,10-13,20-21,23H2,1H3. The van der Waals surface area contributed by atoms with Crippen LogP contribution in [0.15, 0.2) is 72.8 Å². The molecule has 4 aromatic rings. The minimum absolute atomic E-state index is 0.0691. The van der Waals surface area contributed by atoms with Gasteiger partial charge < -0.3 is 19.5 Å². The summed E-state index contributed by atoms with van der Waals surface area (Å²) in [6.45, 7) is 1.58. The van der Waals surface area contributed by atoms with Gasteiger partial charge in [-0.15, -0.1) is 0 Å². The van der Waals surface area contributed by atoms with Crippen molar-refractivity contribution in [1.82, 2.24) is 19.7 Å². The second-order valence-corrected chi connectivity index (χ2v) is 11.3. The third kappa shape index (κ3) is 6.12. The molecular formula is C34H38N4O4. The lowest BCUT2D eigenvalue weighted by Crippen LogP contribution is -2.43. The number of ether oxygens (including phenoxy) is 2. The molecule has 3 aromatic carbocycles. The fraction of sp³-hybridized carbons (Fsp3) is 0.382. The molecule has 2 aliphatic carbocycles. The molecule has 0 unspecified atom stereocenters. The van der Waals surface area contributed by atoms with Crippen LogP contribution in [0.1, 0.15) is 50.5 Å². The Morgan fingerprint density at radius 1 is 0.952 bits per heavy atom. The van der Waals surface area contributed by atoms with Crippen LogP contribution in [0.5, 0.6) is 17.2 Å². The molecule has 1 amide bonds. The van der Waals surface area contributed by atoms with Gasteiger partial charge in [-0.05, 0) is 61.6 Å². The van der Waals surface area contributed by atoms with Gasteiger partial charge in [-0.25, -0.2) is 9.67 Å². The predicted molar refractivity (Wildman–Crippen MR) is 161 cm³/mol. The van der Waals surface area contributed by atoms with Gasteiger partial charge in [-0.1, -0.05) is 61.7 Å². The van der Waals surface area contributed by atoms with Gasteiger partial charge in [0.2, 0.25) is 5.91 Å². The molecule has 1 aromatic heterocycles. The fourth-order valence-electron chi connectivity index (χ4n) is 5.87. The highest BCUT2D eigenvalue weighted by Gasteiger charge is 2.34. The van der Waals surface area contributed by atoms with E-state index < -0.39 is 0 Å². The smallest absolute Gasteiger partial charge is 0.226 e. The first-order chi connectivity index (χ1) is 20.6. The van der Waals surface area contributed by atoms with Gasteiger partial charge in [0.05, 0.1) is 13.7 Å². The van der Waals surface area contributed by atoms with Crippen molar-refractivity contribution >= 4 is 5.91 Å². The highest BCUT2D eigenvalue weighted by molar-refractivity contribution is 5.80. The number of aromatic hydroxyl groups is 1. The molecule has 0 bridgehead atoms. The van der Waals surface area contributed by atoms with Crippen molar-refractivity contribution in [3.05, 3.63) is 78.4 Å². The van der Waals surface area contributed by atoms with E-state index in [0.717, 1.165) is 53.9 Å². The van der Waals surface area contributed by atoms with Crippen LogP contribution in [0.3, 0.4) is 0 Å². The summed E-state index contributed by atoms with van der Waals surface area (Å²) in [6.07, 6.45) is 7.93. The van der Waals surface area contributed by atoms with E-state index in [1.807, 2.05) is 47.1 Å². The largest absolute Gasteiger partial charge is 0.504 e. The molecule has 0 spiro atoms. The number of methoxy groups -OCH3 is 1. The molecule has 42 heavy (non-hydrogen) atoms. The molecule has 6 rings (SSSR count). The molecule has 0 atom stereocenters. The van der Waals surface area contributed by atoms with Crippen molar-refractivity contribution in [3.63, 3.8) is 0 Å². The van der Waals surface area contributed by atoms with E-state index in [0.29, 0.717) is 43.2 Å². The molecule has 8 nitrogen and oxygen atoms in total. The fourth-order valence-corrected chi connectivity index (χ4v) is 5.87. The zero-order valence-corrected chi connectivity index (χ0v) is 24.1. The first-order valence-corrected chi connectivity index (χ1v) is 15.0. The predicted octanol–water partition coefficient (Wildman–Crippen LogP) is 6.48. The van der Waals surface area contributed by atoms with Crippen molar-refractivity contribution < 1.29 is 19.4 Å². The topological polar surface area (TPSA) is 89.7 Å². The van der Waals surface area contributed by atoms with Crippen molar-refractivity contribution in [2.45, 2.75) is 64.1 Å². The number of hydrogen-bond acceptors (Lipinski definition) is 6. The van der Waals surface area contributed by atoms with Crippen molar-refractivity contribution in [1.29, 1.82) is 0 Å². The molecule has 2 fully saturated rings. The highest BCUT2D eigenvalue weighted by Crippen LogP contribution is 2.34. The van der Waals surface area contributed by atoms with Gasteiger partial charge in [-0.2, -0.15) is 5.10 Å². The monoisotopic (exact) mass is 566 g/mol. The zero-order chi connectivity index (χ0) is 28.9. The van der Waals surface area contributed by atoms with Crippen LogP contribution >= 0.6 is 0 Å². The van der Waals surface area contributed by atoms with E-state index in [1.54, 1.807) is 18.2 Å². The third-order valence-corrected chi connectivity index (χ3v) is 8.49. The molecule has 0 aliphatic heterocycles. The second kappa shape index (κ2) is 12.7. The van der Waals surface area contributed by atoms with Crippen LogP contribution in [0.4, 0.5) is 0 Å². The lowest BCUT2D eigenvalue weighted by Gasteiger charge is -2.35. The van der Waals surface area contributed by atoms with Crippen LogP contribution < -0.4 is 9.47 Å². The number of benzene rings is 3. The molecule has 2 aliphatic rings. The van der Waals surface area contributed by atoms with Crippen LogP contribution in [0.25, 0.3) is 22.8 Å². The number of rotatable bonds is 11. The molecule has 0 radical (unpaired) electrons. The van der Waals surface area contributed by atoms with Gasteiger partial charge in [0.25, 0.3) is 0 Å². The maximum Gasteiger partial charge on any atom is 0.226 e. The Kier molecular flexibility index (Phi) is 8.40. The number of aromatic nitrogens is 3. The van der Waals surface area contributed by atoms with Gasteiger partial charge >= 0.3 is 0 Å². The molecule has 2 saturated carbocycles. The summed E-state index contributed by atoms with van der Waals surface area (Å²) in [6, 6.07) is 23.5. The molecule has 218 valence electrons. The van der Waals surface area contributed by atoms with E-state index in [-0.39, 0.29) is 11.7 Å². The summed E-state index contributed by atoms with van der Waals surface area (Å²) in [5.74, 6) is 3.07. The van der Waals surface area contributed by atoms with Crippen molar-refractivity contribution in [3.8, 4) is 40.0 Å². The van der Waals surface area contributed by atoms with Gasteiger partial charge in [0, 0.05) is 29.6 Å². The Labute approximate surface area is 246 Å². The number of nitrogens with zero attached hydrogens (tertiary/aromatic N) is 4. The van der Waals surface area contributed by atoms with Gasteiger partial charge in [0.1, 0.15) is 12.4 Å². The van der Waals surface area contributed by atoms with E-state index in [9.17, 15) is 9.90 Å². The van der Waals surface area contributed by atoms with Crippen molar-refractivity contribution in [2.75, 3.05) is 13.7 Å². The Morgan fingerprint density at radius 2 is 1.71 bits per heavy atom. The lowest BCUT2D eigenvalue weighted by atomic mass is 9.84. The number of hydrogen-bond donors (Lipinski definition) is 1. The highest BCUT2D eigenvalue weighted by atomic mass is 16.5. The number of carbonyl (C=O) groups is 1. The molecular weight excluding hydrogens is 528 g/mol. The summed E-state index contributed by atoms with van der Waals surface area (Å²) in [4.78, 5) is 20.2. The summed E-state index contributed by atoms with van der Waals surface area (Å²) in [7, 11) is 1.52. The lowest BCUT2D eigenvalue weighted by molar-refractivity contribution is -0.141. The van der Waals surface area contributed by atoms with Crippen LogP contribution in [-0.2, 0) is 17.9 Å². The summed E-state index contributed by atoms with van der Waals surface area (Å²) < 4.78 is 13.2. The maximum atomic E-state index is 13.2. The molecule has 0 saturated heterocycles. The number of carbonyl (C=O) groups excluding carboxylic acids is 1. The molecule has 1 heterocycles. The second-order valence-electron chi connectivity index (χ2n) is 11.3. The van der Waals surface area contributed by atoms with E-state index in [4.69, 9.17) is 19.6 Å². The Hall–Kier alpha value is -4.33. The van der Waals surface area contributed by atoms with Crippen LogP contribution in [0.2, 0.25) is 0 Å². The minimum atomic E-state index is 0.0691. The average molecular weight is 567 g/mol. The Balaban J connectivity index is 1.13. The maximum absolute atomic E-state index is 13.2. The molecule has 8 heteroatoms. The first kappa shape index (κ1) is 27.8. The number of phenolic OH excluding ortho intramolecular Hbond substituents is 1. The molecule has 1 N–H and O–H groups in total. The quantitative estimate of drug-likeness (QED) is 0.224. The van der Waals surface area contributed by atoms with Crippen LogP contribution in [0, 0.1) is 5.92 Å². The van der Waals surface area contributed by atoms with Crippen molar-refractivity contribution in [2.24, 2.45) is 5.92 Å². The van der Waals surface area contributed by atoms with Crippen LogP contribution in [-0.4, -0.2) is 50.4 Å². The Bertz CT molecular complexity index is 1490. The average Bonchev–Trinajstić information content (AvgIpc) is 3.67. The zero-order valence-electron chi connectivity index (χ0n) is 24.1. The normalized spacial score (nSPS) is 15.4. The van der Waals surface area contributed by atoms with E-state index >= 15 is 0 Å². The summed E-state index contributed by atoms with van der Waals surface area (Å²) >= 11 is 0. The summed E-state index contributed by atoms with van der Waals surface area (Å²) in [5, 5.41) is 14.8. The van der Waals surface area contributed by atoms with Gasteiger partial charge in [0.15, 0.2) is 23.1 Å². The third-order valence-electron chi connectivity index (χ3n) is 8.49. The number of amides is 1. The van der Waals surface area contributed by atoms with Gasteiger partial charge in [-0.3, -0.25) is 4.79 Å².